The van der Waals surface area contributed by atoms with Crippen LogP contribution >= 0.6 is 11.8 Å². The van der Waals surface area contributed by atoms with Crippen LogP contribution in [0.25, 0.3) is 0 Å². The molecule has 114 valence electrons. The van der Waals surface area contributed by atoms with E-state index in [4.69, 9.17) is 0 Å². The Bertz CT molecular complexity index is 697. The van der Waals surface area contributed by atoms with Crippen molar-refractivity contribution in [2.24, 2.45) is 0 Å². The monoisotopic (exact) mass is 313 g/mol. The Labute approximate surface area is 134 Å². The second-order valence-electron chi connectivity index (χ2n) is 5.94. The topological polar surface area (TPSA) is 46.9 Å². The number of benzene rings is 1. The maximum Gasteiger partial charge on any atom is 0.237 e. The highest BCUT2D eigenvalue weighted by Crippen LogP contribution is 2.36. The van der Waals surface area contributed by atoms with Crippen molar-refractivity contribution in [3.63, 3.8) is 0 Å². The fourth-order valence-corrected chi connectivity index (χ4v) is 4.57. The number of fused-ring (bicyclic) bond motifs is 2. The van der Waals surface area contributed by atoms with E-state index >= 15 is 0 Å². The second kappa shape index (κ2) is 5.80. The van der Waals surface area contributed by atoms with E-state index in [1.54, 1.807) is 11.8 Å². The molecule has 2 aliphatic heterocycles. The molecule has 22 heavy (non-hydrogen) atoms. The molecule has 1 amide bonds. The number of nitrogens with one attached hydrogen (secondary N) is 1. The molecule has 4 rings (SSSR count). The van der Waals surface area contributed by atoms with Gasteiger partial charge in [-0.2, -0.15) is 0 Å². The fraction of sp³-hybridized carbons (Fsp3) is 0.412. The van der Waals surface area contributed by atoms with Crippen molar-refractivity contribution in [2.75, 3.05) is 5.75 Å². The van der Waals surface area contributed by atoms with E-state index in [1.807, 2.05) is 18.5 Å². The number of aryl methyl sites for hydroxylation is 2. The molecule has 0 radical (unpaired) electrons. The summed E-state index contributed by atoms with van der Waals surface area (Å²) in [5.41, 5.74) is 2.51. The van der Waals surface area contributed by atoms with Gasteiger partial charge in [0.2, 0.25) is 5.91 Å². The van der Waals surface area contributed by atoms with Crippen molar-refractivity contribution < 1.29 is 4.79 Å². The zero-order valence-corrected chi connectivity index (χ0v) is 13.2. The number of carbonyl (C=O) groups is 1. The van der Waals surface area contributed by atoms with Gasteiger partial charge in [-0.15, -0.1) is 11.8 Å². The molecule has 0 spiro atoms. The first-order valence-electron chi connectivity index (χ1n) is 7.81. The highest BCUT2D eigenvalue weighted by atomic mass is 32.2. The normalized spacial score (nSPS) is 23.5. The van der Waals surface area contributed by atoms with Crippen LogP contribution in [0.4, 0.5) is 0 Å². The zero-order chi connectivity index (χ0) is 14.9. The molecule has 0 unspecified atom stereocenters. The molecule has 1 aromatic carbocycles. The summed E-state index contributed by atoms with van der Waals surface area (Å²) in [4.78, 5) is 17.1. The van der Waals surface area contributed by atoms with Crippen molar-refractivity contribution in [3.8, 4) is 0 Å². The first kappa shape index (κ1) is 13.9. The SMILES string of the molecule is O=C(N[C@H]1CCc2nccn2C1)[C@H]1SCCc2ccccc21. The lowest BCUT2D eigenvalue weighted by atomic mass is 10.0. The summed E-state index contributed by atoms with van der Waals surface area (Å²) in [6.07, 6.45) is 6.81. The Hall–Kier alpha value is -1.75. The van der Waals surface area contributed by atoms with Gasteiger partial charge >= 0.3 is 0 Å². The van der Waals surface area contributed by atoms with Gasteiger partial charge in [0, 0.05) is 31.4 Å². The van der Waals surface area contributed by atoms with E-state index in [9.17, 15) is 4.79 Å². The van der Waals surface area contributed by atoms with Crippen LogP contribution in [0.2, 0.25) is 0 Å². The van der Waals surface area contributed by atoms with Gasteiger partial charge in [-0.25, -0.2) is 4.98 Å². The molecule has 4 nitrogen and oxygen atoms in total. The standard InChI is InChI=1S/C17H19N3OS/c21-17(16-14-4-2-1-3-12(14)7-10-22-16)19-13-5-6-15-18-8-9-20(15)11-13/h1-4,8-9,13,16H,5-7,10-11H2,(H,19,21)/t13-,16-/m0/s1. The molecule has 0 fully saturated rings. The van der Waals surface area contributed by atoms with Crippen molar-refractivity contribution in [3.05, 3.63) is 53.6 Å². The number of amides is 1. The molecule has 0 bridgehead atoms. The van der Waals surface area contributed by atoms with E-state index < -0.39 is 0 Å². The zero-order valence-electron chi connectivity index (χ0n) is 12.4. The van der Waals surface area contributed by atoms with Crippen LogP contribution in [-0.2, 0) is 24.2 Å². The number of rotatable bonds is 2. The van der Waals surface area contributed by atoms with Gasteiger partial charge in [0.25, 0.3) is 0 Å². The van der Waals surface area contributed by atoms with Crippen molar-refractivity contribution in [1.29, 1.82) is 0 Å². The lowest BCUT2D eigenvalue weighted by Gasteiger charge is -2.29. The minimum absolute atomic E-state index is 0.0610. The van der Waals surface area contributed by atoms with Crippen LogP contribution in [0.15, 0.2) is 36.7 Å². The Morgan fingerprint density at radius 3 is 3.18 bits per heavy atom. The predicted molar refractivity (Wildman–Crippen MR) is 87.8 cm³/mol. The quantitative estimate of drug-likeness (QED) is 0.926. The molecule has 2 atom stereocenters. The predicted octanol–water partition coefficient (Wildman–Crippen LogP) is 2.34. The third kappa shape index (κ3) is 2.54. The maximum absolute atomic E-state index is 12.7. The van der Waals surface area contributed by atoms with Crippen molar-refractivity contribution in [1.82, 2.24) is 14.9 Å². The van der Waals surface area contributed by atoms with E-state index in [0.29, 0.717) is 0 Å². The van der Waals surface area contributed by atoms with Crippen LogP contribution < -0.4 is 5.32 Å². The Kier molecular flexibility index (Phi) is 3.66. The molecular formula is C17H19N3OS. The molecule has 3 heterocycles. The summed E-state index contributed by atoms with van der Waals surface area (Å²) in [5, 5.41) is 3.19. The van der Waals surface area contributed by atoms with Crippen LogP contribution in [-0.4, -0.2) is 27.3 Å². The Morgan fingerprint density at radius 2 is 2.23 bits per heavy atom. The summed E-state index contributed by atoms with van der Waals surface area (Å²) in [7, 11) is 0. The summed E-state index contributed by atoms with van der Waals surface area (Å²) in [5.74, 6) is 2.31. The first-order valence-corrected chi connectivity index (χ1v) is 8.86. The second-order valence-corrected chi connectivity index (χ2v) is 7.15. The summed E-state index contributed by atoms with van der Waals surface area (Å²) in [6, 6.07) is 8.55. The Balaban J connectivity index is 1.47. The number of aromatic nitrogens is 2. The average Bonchev–Trinajstić information content (AvgIpc) is 3.02. The smallest absolute Gasteiger partial charge is 0.237 e. The van der Waals surface area contributed by atoms with Gasteiger partial charge in [-0.3, -0.25) is 4.79 Å². The molecule has 5 heteroatoms. The average molecular weight is 313 g/mol. The van der Waals surface area contributed by atoms with Gasteiger partial charge in [0.1, 0.15) is 11.1 Å². The largest absolute Gasteiger partial charge is 0.350 e. The Morgan fingerprint density at radius 1 is 1.32 bits per heavy atom. The summed E-state index contributed by atoms with van der Waals surface area (Å²) in [6.45, 7) is 0.833. The van der Waals surface area contributed by atoms with E-state index in [1.165, 1.54) is 11.1 Å². The van der Waals surface area contributed by atoms with Crippen LogP contribution in [0.3, 0.4) is 0 Å². The highest BCUT2D eigenvalue weighted by molar-refractivity contribution is 8.00. The van der Waals surface area contributed by atoms with E-state index in [2.05, 4.69) is 33.1 Å². The molecule has 2 aromatic rings. The van der Waals surface area contributed by atoms with Gasteiger partial charge < -0.3 is 9.88 Å². The third-order valence-corrected chi connectivity index (χ3v) is 5.75. The third-order valence-electron chi connectivity index (χ3n) is 4.51. The van der Waals surface area contributed by atoms with Gasteiger partial charge in [0.05, 0.1) is 0 Å². The van der Waals surface area contributed by atoms with Crippen LogP contribution in [0.5, 0.6) is 0 Å². The first-order chi connectivity index (χ1) is 10.8. The summed E-state index contributed by atoms with van der Waals surface area (Å²) < 4.78 is 2.15. The molecule has 0 saturated heterocycles. The number of imidazole rings is 1. The lowest BCUT2D eigenvalue weighted by Crippen LogP contribution is -2.43. The number of nitrogens with zero attached hydrogens (tertiary/aromatic N) is 2. The molecular weight excluding hydrogens is 294 g/mol. The molecule has 1 N–H and O–H groups in total. The van der Waals surface area contributed by atoms with E-state index in [0.717, 1.165) is 37.4 Å². The van der Waals surface area contributed by atoms with Crippen molar-refractivity contribution in [2.45, 2.75) is 37.1 Å². The number of thioether (sulfide) groups is 1. The number of hydrogen-bond acceptors (Lipinski definition) is 3. The van der Waals surface area contributed by atoms with Gasteiger partial charge in [0.15, 0.2) is 0 Å². The maximum atomic E-state index is 12.7. The van der Waals surface area contributed by atoms with Gasteiger partial charge in [-0.05, 0) is 29.7 Å². The van der Waals surface area contributed by atoms with Crippen molar-refractivity contribution >= 4 is 17.7 Å². The highest BCUT2D eigenvalue weighted by Gasteiger charge is 2.29. The van der Waals surface area contributed by atoms with Crippen LogP contribution in [0, 0.1) is 0 Å². The number of carbonyl (C=O) groups excluding carboxylic acids is 1. The van der Waals surface area contributed by atoms with Crippen LogP contribution in [0.1, 0.15) is 28.6 Å². The minimum atomic E-state index is -0.0610. The molecule has 1 aromatic heterocycles. The molecule has 0 saturated carbocycles. The molecule has 0 aliphatic carbocycles. The molecule has 2 aliphatic rings. The number of hydrogen-bond donors (Lipinski definition) is 1. The van der Waals surface area contributed by atoms with E-state index in [-0.39, 0.29) is 17.2 Å². The van der Waals surface area contributed by atoms with Gasteiger partial charge in [-0.1, -0.05) is 24.3 Å². The minimum Gasteiger partial charge on any atom is -0.350 e. The summed E-state index contributed by atoms with van der Waals surface area (Å²) >= 11 is 1.76. The lowest BCUT2D eigenvalue weighted by molar-refractivity contribution is -0.121. The fourth-order valence-electron chi connectivity index (χ4n) is 3.37.